The van der Waals surface area contributed by atoms with Gasteiger partial charge in [0.15, 0.2) is 0 Å². The average Bonchev–Trinajstić information content (AvgIpc) is 2.83. The van der Waals surface area contributed by atoms with E-state index in [1.165, 1.54) is 24.1 Å². The fourth-order valence-electron chi connectivity index (χ4n) is 2.69. The summed E-state index contributed by atoms with van der Waals surface area (Å²) in [5, 5.41) is 1.41. The Bertz CT molecular complexity index is 430. The van der Waals surface area contributed by atoms with Gasteiger partial charge in [-0.15, -0.1) is 0 Å². The molecule has 0 aliphatic carbocycles. The highest BCUT2D eigenvalue weighted by Crippen LogP contribution is 2.34. The lowest BCUT2D eigenvalue weighted by Gasteiger charge is -2.20. The zero-order valence-electron chi connectivity index (χ0n) is 11.8. The van der Waals surface area contributed by atoms with Gasteiger partial charge in [-0.25, -0.2) is 0 Å². The Hall–Kier alpha value is -0.280. The van der Waals surface area contributed by atoms with Crippen molar-refractivity contribution in [2.24, 2.45) is 0 Å². The Kier molecular flexibility index (Phi) is 5.52. The van der Waals surface area contributed by atoms with Gasteiger partial charge in [-0.1, -0.05) is 43.1 Å². The van der Waals surface area contributed by atoms with Gasteiger partial charge in [0, 0.05) is 19.6 Å². The summed E-state index contributed by atoms with van der Waals surface area (Å²) in [4.78, 5) is 4.92. The van der Waals surface area contributed by atoms with Crippen molar-refractivity contribution in [3.05, 3.63) is 33.3 Å². The van der Waals surface area contributed by atoms with Gasteiger partial charge in [0.2, 0.25) is 0 Å². The first-order valence-corrected chi connectivity index (χ1v) is 7.81. The Morgan fingerprint density at radius 2 is 1.89 bits per heavy atom. The molecule has 106 valence electrons. The van der Waals surface area contributed by atoms with Crippen LogP contribution in [0, 0.1) is 0 Å². The number of hydrogen-bond acceptors (Lipinski definition) is 2. The summed E-state index contributed by atoms with van der Waals surface area (Å²) in [6, 6.07) is 4.01. The highest BCUT2D eigenvalue weighted by molar-refractivity contribution is 6.42. The lowest BCUT2D eigenvalue weighted by atomic mass is 10.1. The van der Waals surface area contributed by atoms with E-state index in [4.69, 9.17) is 23.2 Å². The van der Waals surface area contributed by atoms with Crippen molar-refractivity contribution < 1.29 is 0 Å². The molecule has 0 fully saturated rings. The molecule has 0 unspecified atom stereocenters. The van der Waals surface area contributed by atoms with Crippen LogP contribution in [0.15, 0.2) is 12.1 Å². The zero-order valence-corrected chi connectivity index (χ0v) is 13.3. The third-order valence-corrected chi connectivity index (χ3v) is 4.76. The van der Waals surface area contributed by atoms with Crippen molar-refractivity contribution in [2.75, 3.05) is 26.2 Å². The van der Waals surface area contributed by atoms with E-state index in [9.17, 15) is 0 Å². The molecular formula is C15H22Cl2N2. The van der Waals surface area contributed by atoms with Crippen molar-refractivity contribution in [1.82, 2.24) is 9.80 Å². The maximum Gasteiger partial charge on any atom is 0.0640 e. The third-order valence-electron chi connectivity index (χ3n) is 3.91. The molecule has 0 atom stereocenters. The van der Waals surface area contributed by atoms with Crippen LogP contribution in [0.5, 0.6) is 0 Å². The molecular weight excluding hydrogens is 279 g/mol. The molecule has 0 spiro atoms. The van der Waals surface area contributed by atoms with Gasteiger partial charge in [0.25, 0.3) is 0 Å². The van der Waals surface area contributed by atoms with Crippen LogP contribution < -0.4 is 0 Å². The summed E-state index contributed by atoms with van der Waals surface area (Å²) in [6.45, 7) is 11.0. The molecule has 4 heteroatoms. The summed E-state index contributed by atoms with van der Waals surface area (Å²) in [5.41, 5.74) is 2.55. The molecule has 0 saturated carbocycles. The Morgan fingerprint density at radius 1 is 1.16 bits per heavy atom. The summed E-state index contributed by atoms with van der Waals surface area (Å²) < 4.78 is 0. The second-order valence-corrected chi connectivity index (χ2v) is 5.88. The van der Waals surface area contributed by atoms with E-state index >= 15 is 0 Å². The normalized spacial score (nSPS) is 15.2. The van der Waals surface area contributed by atoms with Crippen molar-refractivity contribution in [3.8, 4) is 0 Å². The quantitative estimate of drug-likeness (QED) is 0.782. The van der Waals surface area contributed by atoms with E-state index < -0.39 is 0 Å². The van der Waals surface area contributed by atoms with Crippen LogP contribution in [-0.4, -0.2) is 36.0 Å². The minimum absolute atomic E-state index is 0.672. The number of benzene rings is 1. The maximum atomic E-state index is 6.27. The molecule has 0 aromatic heterocycles. The Balaban J connectivity index is 1.85. The minimum atomic E-state index is 0.672. The lowest BCUT2D eigenvalue weighted by Crippen LogP contribution is -2.27. The van der Waals surface area contributed by atoms with Gasteiger partial charge in [-0.2, -0.15) is 0 Å². The molecule has 2 nitrogen and oxygen atoms in total. The zero-order chi connectivity index (χ0) is 13.8. The van der Waals surface area contributed by atoms with Gasteiger partial charge in [0.05, 0.1) is 10.0 Å². The molecule has 0 radical (unpaired) electrons. The van der Waals surface area contributed by atoms with E-state index in [-0.39, 0.29) is 0 Å². The molecule has 0 N–H and O–H groups in total. The first kappa shape index (κ1) is 15.1. The molecule has 2 rings (SSSR count). The van der Waals surface area contributed by atoms with Crippen molar-refractivity contribution in [1.29, 1.82) is 0 Å². The average molecular weight is 301 g/mol. The first-order chi connectivity index (χ1) is 9.15. The van der Waals surface area contributed by atoms with E-state index in [0.29, 0.717) is 5.02 Å². The molecule has 19 heavy (non-hydrogen) atoms. The van der Waals surface area contributed by atoms with Gasteiger partial charge >= 0.3 is 0 Å². The van der Waals surface area contributed by atoms with E-state index in [2.05, 4.69) is 29.7 Å². The molecule has 0 bridgehead atoms. The van der Waals surface area contributed by atoms with Crippen molar-refractivity contribution in [2.45, 2.75) is 33.4 Å². The topological polar surface area (TPSA) is 6.48 Å². The fraction of sp³-hybridized carbons (Fsp3) is 0.600. The largest absolute Gasteiger partial charge is 0.304 e. The molecule has 1 aromatic carbocycles. The molecule has 1 heterocycles. The van der Waals surface area contributed by atoms with Crippen LogP contribution in [0.4, 0.5) is 0 Å². The Morgan fingerprint density at radius 3 is 2.58 bits per heavy atom. The van der Waals surface area contributed by atoms with Crippen molar-refractivity contribution in [3.63, 3.8) is 0 Å². The monoisotopic (exact) mass is 300 g/mol. The van der Waals surface area contributed by atoms with Gasteiger partial charge < -0.3 is 4.90 Å². The second kappa shape index (κ2) is 6.94. The molecule has 0 saturated heterocycles. The number of halogens is 2. The van der Waals surface area contributed by atoms with E-state index in [0.717, 1.165) is 37.7 Å². The summed E-state index contributed by atoms with van der Waals surface area (Å²) in [7, 11) is 0. The maximum absolute atomic E-state index is 6.27. The summed E-state index contributed by atoms with van der Waals surface area (Å²) >= 11 is 12.3. The van der Waals surface area contributed by atoms with Gasteiger partial charge in [-0.3, -0.25) is 4.90 Å². The summed E-state index contributed by atoms with van der Waals surface area (Å²) in [5.74, 6) is 0. The van der Waals surface area contributed by atoms with Crippen LogP contribution in [0.1, 0.15) is 31.4 Å². The second-order valence-electron chi connectivity index (χ2n) is 5.09. The first-order valence-electron chi connectivity index (χ1n) is 7.06. The SMILES string of the molecule is CCN(CC)CCCN1Cc2ccc(Cl)c(Cl)c2C1. The number of nitrogens with zero attached hydrogens (tertiary/aromatic N) is 2. The molecule has 1 aliphatic heterocycles. The van der Waals surface area contributed by atoms with Crippen LogP contribution >= 0.6 is 23.2 Å². The predicted molar refractivity (Wildman–Crippen MR) is 83.0 cm³/mol. The number of rotatable bonds is 6. The lowest BCUT2D eigenvalue weighted by molar-refractivity contribution is 0.240. The van der Waals surface area contributed by atoms with Gasteiger partial charge in [-0.05, 0) is 43.2 Å². The van der Waals surface area contributed by atoms with Crippen LogP contribution in [0.2, 0.25) is 10.0 Å². The smallest absolute Gasteiger partial charge is 0.0640 e. The molecule has 1 aromatic rings. The predicted octanol–water partition coefficient (Wildman–Crippen LogP) is 4.04. The highest BCUT2D eigenvalue weighted by Gasteiger charge is 2.22. The van der Waals surface area contributed by atoms with Crippen LogP contribution in [0.3, 0.4) is 0 Å². The standard InChI is InChI=1S/C15H22Cl2N2/c1-3-18(4-2)8-5-9-19-10-12-6-7-14(16)15(17)13(12)11-19/h6-7H,3-5,8-11H2,1-2H3. The Labute approximate surface area is 126 Å². The van der Waals surface area contributed by atoms with E-state index in [1.807, 2.05) is 6.07 Å². The van der Waals surface area contributed by atoms with E-state index in [1.54, 1.807) is 0 Å². The third kappa shape index (κ3) is 3.63. The van der Waals surface area contributed by atoms with Gasteiger partial charge in [0.1, 0.15) is 0 Å². The minimum Gasteiger partial charge on any atom is -0.304 e. The molecule has 1 aliphatic rings. The van der Waals surface area contributed by atoms with Crippen LogP contribution in [-0.2, 0) is 13.1 Å². The van der Waals surface area contributed by atoms with Crippen LogP contribution in [0.25, 0.3) is 0 Å². The number of hydrogen-bond donors (Lipinski definition) is 0. The highest BCUT2D eigenvalue weighted by atomic mass is 35.5. The molecule has 0 amide bonds. The number of fused-ring (bicyclic) bond motifs is 1. The summed E-state index contributed by atoms with van der Waals surface area (Å²) in [6.07, 6.45) is 1.21. The fourth-order valence-corrected chi connectivity index (χ4v) is 3.11. The van der Waals surface area contributed by atoms with Crippen molar-refractivity contribution >= 4 is 23.2 Å².